The second-order valence-electron chi connectivity index (χ2n) is 6.21. The third-order valence-electron chi connectivity index (χ3n) is 4.39. The maximum atomic E-state index is 12.3. The van der Waals surface area contributed by atoms with Gasteiger partial charge >= 0.3 is 0 Å². The summed E-state index contributed by atoms with van der Waals surface area (Å²) in [5.41, 5.74) is 1.06. The molecule has 1 aromatic rings. The Bertz CT molecular complexity index is 518. The second kappa shape index (κ2) is 8.67. The summed E-state index contributed by atoms with van der Waals surface area (Å²) in [5, 5.41) is 9.25. The van der Waals surface area contributed by atoms with Crippen LogP contribution in [0.2, 0.25) is 0 Å². The molecule has 2 rings (SSSR count). The average molecular weight is 318 g/mol. The summed E-state index contributed by atoms with van der Waals surface area (Å²) in [6, 6.07) is 9.80. The number of nitrogens with zero attached hydrogens (tertiary/aromatic N) is 2. The predicted octanol–water partition coefficient (Wildman–Crippen LogP) is 1.66. The Balaban J connectivity index is 1.86. The molecule has 1 aromatic carbocycles. The minimum absolute atomic E-state index is 0.0199. The minimum atomic E-state index is -0.0199. The maximum absolute atomic E-state index is 12.3. The lowest BCUT2D eigenvalue weighted by Crippen LogP contribution is -2.42. The Labute approximate surface area is 137 Å². The van der Waals surface area contributed by atoms with Crippen LogP contribution in [-0.2, 0) is 16.1 Å². The lowest BCUT2D eigenvalue weighted by molar-refractivity contribution is -0.135. The fourth-order valence-electron chi connectivity index (χ4n) is 2.98. The van der Waals surface area contributed by atoms with Crippen molar-refractivity contribution in [1.82, 2.24) is 9.80 Å². The summed E-state index contributed by atoms with van der Waals surface area (Å²) >= 11 is 0. The van der Waals surface area contributed by atoms with E-state index in [4.69, 9.17) is 0 Å². The summed E-state index contributed by atoms with van der Waals surface area (Å²) in [4.78, 5) is 27.7. The lowest BCUT2D eigenvalue weighted by atomic mass is 9.99. The van der Waals surface area contributed by atoms with Gasteiger partial charge in [-0.25, -0.2) is 0 Å². The van der Waals surface area contributed by atoms with Gasteiger partial charge in [0.2, 0.25) is 11.8 Å². The standard InChI is InChI=1S/C18H26N2O3/c1-15(22)19(12-16-6-3-2-4-7-16)11-9-18(23)20-10-5-8-17(13-20)14-21/h2-4,6-7,17,21H,5,8-14H2,1H3. The van der Waals surface area contributed by atoms with Crippen LogP contribution in [0.3, 0.4) is 0 Å². The Morgan fingerprint density at radius 2 is 2.04 bits per heavy atom. The third-order valence-corrected chi connectivity index (χ3v) is 4.39. The molecule has 5 heteroatoms. The van der Waals surface area contributed by atoms with Gasteiger partial charge in [-0.15, -0.1) is 0 Å². The van der Waals surface area contributed by atoms with Crippen LogP contribution in [-0.4, -0.2) is 53.0 Å². The first kappa shape index (κ1) is 17.5. The molecule has 2 amide bonds. The highest BCUT2D eigenvalue weighted by atomic mass is 16.3. The summed E-state index contributed by atoms with van der Waals surface area (Å²) < 4.78 is 0. The number of hydrogen-bond acceptors (Lipinski definition) is 3. The number of carbonyl (C=O) groups excluding carboxylic acids is 2. The van der Waals surface area contributed by atoms with Crippen LogP contribution in [0.5, 0.6) is 0 Å². The van der Waals surface area contributed by atoms with Crippen molar-refractivity contribution in [3.8, 4) is 0 Å². The number of carbonyl (C=O) groups is 2. The van der Waals surface area contributed by atoms with Crippen LogP contribution in [0.25, 0.3) is 0 Å². The fraction of sp³-hybridized carbons (Fsp3) is 0.556. The largest absolute Gasteiger partial charge is 0.396 e. The lowest BCUT2D eigenvalue weighted by Gasteiger charge is -2.32. The summed E-state index contributed by atoms with van der Waals surface area (Å²) in [6.07, 6.45) is 2.26. The van der Waals surface area contributed by atoms with Gasteiger partial charge in [0.15, 0.2) is 0 Å². The highest BCUT2D eigenvalue weighted by Gasteiger charge is 2.23. The Morgan fingerprint density at radius 1 is 1.30 bits per heavy atom. The Kier molecular flexibility index (Phi) is 6.59. The van der Waals surface area contributed by atoms with E-state index in [0.717, 1.165) is 24.9 Å². The van der Waals surface area contributed by atoms with E-state index in [2.05, 4.69) is 0 Å². The number of aliphatic hydroxyl groups excluding tert-OH is 1. The molecule has 0 aliphatic carbocycles. The molecule has 0 radical (unpaired) electrons. The molecule has 1 atom stereocenters. The number of hydrogen-bond donors (Lipinski definition) is 1. The molecule has 1 fully saturated rings. The number of amides is 2. The van der Waals surface area contributed by atoms with Crippen molar-refractivity contribution >= 4 is 11.8 Å². The Morgan fingerprint density at radius 3 is 2.70 bits per heavy atom. The van der Waals surface area contributed by atoms with Gasteiger partial charge in [-0.3, -0.25) is 9.59 Å². The number of piperidine rings is 1. The summed E-state index contributed by atoms with van der Waals surface area (Å²) in [5.74, 6) is 0.247. The zero-order chi connectivity index (χ0) is 16.7. The van der Waals surface area contributed by atoms with Gasteiger partial charge in [0.05, 0.1) is 0 Å². The molecule has 1 saturated heterocycles. The number of rotatable bonds is 6. The topological polar surface area (TPSA) is 60.9 Å². The van der Waals surface area contributed by atoms with Crippen molar-refractivity contribution in [1.29, 1.82) is 0 Å². The molecular formula is C18H26N2O3. The molecule has 5 nitrogen and oxygen atoms in total. The number of benzene rings is 1. The van der Waals surface area contributed by atoms with E-state index in [1.807, 2.05) is 35.2 Å². The van der Waals surface area contributed by atoms with E-state index in [9.17, 15) is 14.7 Å². The third kappa shape index (κ3) is 5.36. The van der Waals surface area contributed by atoms with Gasteiger partial charge in [0.1, 0.15) is 0 Å². The number of aliphatic hydroxyl groups is 1. The zero-order valence-corrected chi connectivity index (χ0v) is 13.8. The van der Waals surface area contributed by atoms with Crippen LogP contribution >= 0.6 is 0 Å². The maximum Gasteiger partial charge on any atom is 0.224 e. The van der Waals surface area contributed by atoms with E-state index in [1.54, 1.807) is 4.90 Å². The first-order chi connectivity index (χ1) is 11.1. The van der Waals surface area contributed by atoms with Gasteiger partial charge < -0.3 is 14.9 Å². The molecule has 1 aliphatic rings. The van der Waals surface area contributed by atoms with E-state index in [0.29, 0.717) is 26.1 Å². The highest BCUT2D eigenvalue weighted by molar-refractivity contribution is 5.78. The molecule has 23 heavy (non-hydrogen) atoms. The van der Waals surface area contributed by atoms with Gasteiger partial charge in [0, 0.05) is 46.1 Å². The highest BCUT2D eigenvalue weighted by Crippen LogP contribution is 2.16. The average Bonchev–Trinajstić information content (AvgIpc) is 2.59. The van der Waals surface area contributed by atoms with E-state index >= 15 is 0 Å². The van der Waals surface area contributed by atoms with Crippen LogP contribution in [0.15, 0.2) is 30.3 Å². The molecule has 0 spiro atoms. The van der Waals surface area contributed by atoms with E-state index in [-0.39, 0.29) is 24.3 Å². The molecule has 1 heterocycles. The molecule has 1 aliphatic heterocycles. The van der Waals surface area contributed by atoms with Crippen LogP contribution in [0, 0.1) is 5.92 Å². The van der Waals surface area contributed by atoms with Crippen molar-refractivity contribution in [3.63, 3.8) is 0 Å². The monoisotopic (exact) mass is 318 g/mol. The molecule has 0 aromatic heterocycles. The molecule has 0 saturated carbocycles. The number of likely N-dealkylation sites (tertiary alicyclic amines) is 1. The molecule has 126 valence electrons. The quantitative estimate of drug-likeness (QED) is 0.868. The van der Waals surface area contributed by atoms with E-state index < -0.39 is 0 Å². The normalized spacial score (nSPS) is 17.8. The first-order valence-corrected chi connectivity index (χ1v) is 8.28. The van der Waals surface area contributed by atoms with Crippen molar-refractivity contribution in [2.24, 2.45) is 5.92 Å². The van der Waals surface area contributed by atoms with Gasteiger partial charge in [-0.05, 0) is 24.3 Å². The van der Waals surface area contributed by atoms with Crippen molar-refractivity contribution < 1.29 is 14.7 Å². The van der Waals surface area contributed by atoms with Crippen LogP contribution in [0.4, 0.5) is 0 Å². The molecule has 1 unspecified atom stereocenters. The van der Waals surface area contributed by atoms with Crippen molar-refractivity contribution in [3.05, 3.63) is 35.9 Å². The Hall–Kier alpha value is -1.88. The van der Waals surface area contributed by atoms with Crippen LogP contribution < -0.4 is 0 Å². The van der Waals surface area contributed by atoms with E-state index in [1.165, 1.54) is 6.92 Å². The molecule has 0 bridgehead atoms. The summed E-state index contributed by atoms with van der Waals surface area (Å²) in [7, 11) is 0. The fourth-order valence-corrected chi connectivity index (χ4v) is 2.98. The molecule has 1 N–H and O–H groups in total. The van der Waals surface area contributed by atoms with Crippen LogP contribution in [0.1, 0.15) is 31.7 Å². The smallest absolute Gasteiger partial charge is 0.224 e. The van der Waals surface area contributed by atoms with Gasteiger partial charge in [-0.1, -0.05) is 30.3 Å². The van der Waals surface area contributed by atoms with Gasteiger partial charge in [-0.2, -0.15) is 0 Å². The van der Waals surface area contributed by atoms with Gasteiger partial charge in [0.25, 0.3) is 0 Å². The zero-order valence-electron chi connectivity index (χ0n) is 13.8. The van der Waals surface area contributed by atoms with Crippen molar-refractivity contribution in [2.45, 2.75) is 32.7 Å². The van der Waals surface area contributed by atoms with Crippen molar-refractivity contribution in [2.75, 3.05) is 26.2 Å². The first-order valence-electron chi connectivity index (χ1n) is 8.28. The SMILES string of the molecule is CC(=O)N(CCC(=O)N1CCCC(CO)C1)Cc1ccccc1. The summed E-state index contributed by atoms with van der Waals surface area (Å²) in [6.45, 7) is 4.03. The predicted molar refractivity (Wildman–Crippen MR) is 88.5 cm³/mol. The molecular weight excluding hydrogens is 292 g/mol. The second-order valence-corrected chi connectivity index (χ2v) is 6.21. The minimum Gasteiger partial charge on any atom is -0.396 e.